The third-order valence-corrected chi connectivity index (χ3v) is 4.98. The number of amides is 1. The number of methoxy groups -OCH3 is 1. The van der Waals surface area contributed by atoms with Crippen molar-refractivity contribution in [3.05, 3.63) is 36.4 Å². The summed E-state index contributed by atoms with van der Waals surface area (Å²) in [7, 11) is 5.70. The van der Waals surface area contributed by atoms with Gasteiger partial charge in [-0.2, -0.15) is 0 Å². The van der Waals surface area contributed by atoms with E-state index >= 15 is 0 Å². The van der Waals surface area contributed by atoms with Gasteiger partial charge in [-0.25, -0.2) is 0 Å². The number of nitrogens with one attached hydrogen (secondary N) is 1. The zero-order chi connectivity index (χ0) is 20.6. The van der Waals surface area contributed by atoms with Gasteiger partial charge in [-0.15, -0.1) is 10.2 Å². The Morgan fingerprint density at radius 3 is 2.59 bits per heavy atom. The van der Waals surface area contributed by atoms with Crippen LogP contribution in [-0.4, -0.2) is 92.9 Å². The number of aromatic nitrogens is 2. The van der Waals surface area contributed by atoms with Crippen LogP contribution in [0.25, 0.3) is 11.3 Å². The fraction of sp³-hybridized carbons (Fsp3) is 0.476. The third kappa shape index (κ3) is 5.88. The normalized spacial score (nSPS) is 14.3. The number of ether oxygens (including phenoxy) is 1. The quantitative estimate of drug-likeness (QED) is 0.664. The van der Waals surface area contributed by atoms with Crippen molar-refractivity contribution in [2.24, 2.45) is 0 Å². The summed E-state index contributed by atoms with van der Waals surface area (Å²) in [5.74, 6) is 1.79. The molecule has 0 aliphatic carbocycles. The number of piperazine rings is 1. The van der Waals surface area contributed by atoms with Crippen molar-refractivity contribution in [3.8, 4) is 17.0 Å². The van der Waals surface area contributed by atoms with E-state index in [0.717, 1.165) is 49.0 Å². The molecule has 1 amide bonds. The first kappa shape index (κ1) is 21.0. The molecule has 0 unspecified atom stereocenters. The number of hydrogen-bond acceptors (Lipinski definition) is 7. The van der Waals surface area contributed by atoms with Crippen molar-refractivity contribution in [3.63, 3.8) is 0 Å². The maximum Gasteiger partial charge on any atom is 0.236 e. The van der Waals surface area contributed by atoms with Gasteiger partial charge < -0.3 is 24.8 Å². The van der Waals surface area contributed by atoms with Crippen LogP contribution in [0.3, 0.4) is 0 Å². The van der Waals surface area contributed by atoms with E-state index in [9.17, 15) is 4.79 Å². The topological polar surface area (TPSA) is 73.8 Å². The van der Waals surface area contributed by atoms with Gasteiger partial charge in [0, 0.05) is 44.8 Å². The minimum absolute atomic E-state index is 0.155. The lowest BCUT2D eigenvalue weighted by atomic mass is 10.1. The summed E-state index contributed by atoms with van der Waals surface area (Å²) in [6.45, 7) is 5.05. The maximum absolute atomic E-state index is 12.3. The van der Waals surface area contributed by atoms with E-state index in [1.165, 1.54) is 0 Å². The SMILES string of the molecule is COc1cccc(-c2ccc(N3CCN(C(=O)CNCCN(C)C)CC3)nn2)c1. The zero-order valence-electron chi connectivity index (χ0n) is 17.5. The molecule has 0 bridgehead atoms. The summed E-state index contributed by atoms with van der Waals surface area (Å²) in [5.41, 5.74) is 1.78. The minimum Gasteiger partial charge on any atom is -0.497 e. The monoisotopic (exact) mass is 398 g/mol. The predicted molar refractivity (Wildman–Crippen MR) is 114 cm³/mol. The Morgan fingerprint density at radius 1 is 1.14 bits per heavy atom. The van der Waals surface area contributed by atoms with E-state index in [-0.39, 0.29) is 5.91 Å². The van der Waals surface area contributed by atoms with Crippen LogP contribution in [-0.2, 0) is 4.79 Å². The predicted octanol–water partition coefficient (Wildman–Crippen LogP) is 0.952. The van der Waals surface area contributed by atoms with Gasteiger partial charge in [-0.3, -0.25) is 4.79 Å². The average molecular weight is 399 g/mol. The Balaban J connectivity index is 1.50. The third-order valence-electron chi connectivity index (χ3n) is 4.98. The fourth-order valence-electron chi connectivity index (χ4n) is 3.22. The fourth-order valence-corrected chi connectivity index (χ4v) is 3.22. The van der Waals surface area contributed by atoms with E-state index in [2.05, 4.69) is 25.3 Å². The van der Waals surface area contributed by atoms with Crippen molar-refractivity contribution >= 4 is 11.7 Å². The highest BCUT2D eigenvalue weighted by molar-refractivity contribution is 5.78. The summed E-state index contributed by atoms with van der Waals surface area (Å²) in [6, 6.07) is 11.7. The molecule has 8 nitrogen and oxygen atoms in total. The summed E-state index contributed by atoms with van der Waals surface area (Å²) in [6.07, 6.45) is 0. The number of likely N-dealkylation sites (N-methyl/N-ethyl adjacent to an activating group) is 1. The van der Waals surface area contributed by atoms with Crippen molar-refractivity contribution in [2.75, 3.05) is 71.9 Å². The molecule has 0 saturated carbocycles. The van der Waals surface area contributed by atoms with Crippen LogP contribution in [0.5, 0.6) is 5.75 Å². The molecule has 8 heteroatoms. The van der Waals surface area contributed by atoms with E-state index < -0.39 is 0 Å². The molecule has 2 heterocycles. The van der Waals surface area contributed by atoms with Crippen LogP contribution in [0.15, 0.2) is 36.4 Å². The van der Waals surface area contributed by atoms with Gasteiger partial charge in [0.25, 0.3) is 0 Å². The van der Waals surface area contributed by atoms with Gasteiger partial charge in [0.1, 0.15) is 5.75 Å². The van der Waals surface area contributed by atoms with Crippen LogP contribution >= 0.6 is 0 Å². The molecular weight excluding hydrogens is 368 g/mol. The first-order chi connectivity index (χ1) is 14.1. The number of nitrogens with zero attached hydrogens (tertiary/aromatic N) is 5. The van der Waals surface area contributed by atoms with Gasteiger partial charge in [0.15, 0.2) is 5.82 Å². The van der Waals surface area contributed by atoms with Gasteiger partial charge in [0.05, 0.1) is 19.3 Å². The number of carbonyl (C=O) groups excluding carboxylic acids is 1. The molecule has 3 rings (SSSR count). The number of carbonyl (C=O) groups is 1. The van der Waals surface area contributed by atoms with Crippen LogP contribution in [0.1, 0.15) is 0 Å². The number of anilines is 1. The second-order valence-corrected chi connectivity index (χ2v) is 7.36. The van der Waals surface area contributed by atoms with Crippen LogP contribution < -0.4 is 15.0 Å². The lowest BCUT2D eigenvalue weighted by molar-refractivity contribution is -0.130. The van der Waals surface area contributed by atoms with E-state index in [1.54, 1.807) is 7.11 Å². The average Bonchev–Trinajstić information content (AvgIpc) is 2.76. The van der Waals surface area contributed by atoms with Gasteiger partial charge in [0.2, 0.25) is 5.91 Å². The molecule has 1 N–H and O–H groups in total. The molecule has 2 aromatic rings. The summed E-state index contributed by atoms with van der Waals surface area (Å²) in [5, 5.41) is 12.0. The highest BCUT2D eigenvalue weighted by atomic mass is 16.5. The summed E-state index contributed by atoms with van der Waals surface area (Å²) < 4.78 is 5.27. The Kier molecular flexibility index (Phi) is 7.37. The number of hydrogen-bond donors (Lipinski definition) is 1. The Labute approximate surface area is 172 Å². The molecule has 1 aromatic heterocycles. The highest BCUT2D eigenvalue weighted by Crippen LogP contribution is 2.23. The standard InChI is InChI=1S/C21H30N6O2/c1-25(2)10-9-22-16-21(28)27-13-11-26(12-14-27)20-8-7-19(23-24-20)17-5-4-6-18(15-17)29-3/h4-8,15,22H,9-14,16H2,1-3H3. The van der Waals surface area contributed by atoms with Crippen LogP contribution in [0.2, 0.25) is 0 Å². The summed E-state index contributed by atoms with van der Waals surface area (Å²) in [4.78, 5) is 18.5. The van der Waals surface area contributed by atoms with Crippen LogP contribution in [0, 0.1) is 0 Å². The van der Waals surface area contributed by atoms with E-state index in [1.807, 2.05) is 55.4 Å². The van der Waals surface area contributed by atoms with Gasteiger partial charge in [-0.1, -0.05) is 12.1 Å². The first-order valence-corrected chi connectivity index (χ1v) is 9.93. The van der Waals surface area contributed by atoms with E-state index in [4.69, 9.17) is 4.74 Å². The molecule has 0 spiro atoms. The van der Waals surface area contributed by atoms with Gasteiger partial charge in [-0.05, 0) is 38.4 Å². The van der Waals surface area contributed by atoms with E-state index in [0.29, 0.717) is 19.6 Å². The molecule has 29 heavy (non-hydrogen) atoms. The summed E-state index contributed by atoms with van der Waals surface area (Å²) >= 11 is 0. The first-order valence-electron chi connectivity index (χ1n) is 9.93. The molecule has 1 saturated heterocycles. The van der Waals surface area contributed by atoms with Crippen LogP contribution in [0.4, 0.5) is 5.82 Å². The Morgan fingerprint density at radius 2 is 1.93 bits per heavy atom. The molecular formula is C21H30N6O2. The smallest absolute Gasteiger partial charge is 0.236 e. The highest BCUT2D eigenvalue weighted by Gasteiger charge is 2.21. The Hall–Kier alpha value is -2.71. The van der Waals surface area contributed by atoms with Crippen molar-refractivity contribution < 1.29 is 9.53 Å². The van der Waals surface area contributed by atoms with Gasteiger partial charge >= 0.3 is 0 Å². The molecule has 1 aromatic carbocycles. The zero-order valence-corrected chi connectivity index (χ0v) is 17.5. The molecule has 0 atom stereocenters. The number of benzene rings is 1. The lowest BCUT2D eigenvalue weighted by Crippen LogP contribution is -2.51. The number of rotatable bonds is 8. The molecule has 1 aliphatic heterocycles. The Bertz CT molecular complexity index is 788. The van der Waals surface area contributed by atoms with Crippen molar-refractivity contribution in [2.45, 2.75) is 0 Å². The molecule has 1 fully saturated rings. The maximum atomic E-state index is 12.3. The minimum atomic E-state index is 0.155. The molecule has 1 aliphatic rings. The second kappa shape index (κ2) is 10.2. The molecule has 156 valence electrons. The van der Waals surface area contributed by atoms with Crippen molar-refractivity contribution in [1.29, 1.82) is 0 Å². The van der Waals surface area contributed by atoms with Crippen molar-refractivity contribution in [1.82, 2.24) is 25.3 Å². The second-order valence-electron chi connectivity index (χ2n) is 7.36. The lowest BCUT2D eigenvalue weighted by Gasteiger charge is -2.35. The molecule has 0 radical (unpaired) electrons. The largest absolute Gasteiger partial charge is 0.497 e.